The number of nitrogens with zero attached hydrogens (tertiary/aromatic N) is 3. The number of amides is 1. The summed E-state index contributed by atoms with van der Waals surface area (Å²) in [6.45, 7) is 1.83. The van der Waals surface area contributed by atoms with Gasteiger partial charge in [-0.15, -0.1) is 22.6 Å². The number of alkyl halides is 3. The summed E-state index contributed by atoms with van der Waals surface area (Å²) >= 11 is 5.89. The maximum absolute atomic E-state index is 13.0. The molecule has 2 N–H and O–H groups in total. The quantitative estimate of drug-likeness (QED) is 0.795. The first kappa shape index (κ1) is 20.2. The number of nitrogens with one attached hydrogen (secondary N) is 2. The van der Waals surface area contributed by atoms with Gasteiger partial charge in [-0.1, -0.05) is 11.6 Å². The molecule has 2 aliphatic rings. The third kappa shape index (κ3) is 3.72. The van der Waals surface area contributed by atoms with Gasteiger partial charge in [0.15, 0.2) is 11.5 Å². The third-order valence-electron chi connectivity index (χ3n) is 5.38. The minimum Gasteiger partial charge on any atom is -0.349 e. The molecule has 11 heteroatoms. The Kier molecular flexibility index (Phi) is 5.31. The van der Waals surface area contributed by atoms with E-state index in [1.807, 2.05) is 0 Å². The van der Waals surface area contributed by atoms with Crippen LogP contribution in [-0.4, -0.2) is 33.6 Å². The number of halogens is 5. The van der Waals surface area contributed by atoms with E-state index in [4.69, 9.17) is 11.6 Å². The van der Waals surface area contributed by atoms with Crippen molar-refractivity contribution in [2.45, 2.75) is 32.0 Å². The average Bonchev–Trinajstić information content (AvgIpc) is 3.11. The van der Waals surface area contributed by atoms with Crippen LogP contribution in [0.25, 0.3) is 5.65 Å². The number of fused-ring (bicyclic) bond motifs is 1. The van der Waals surface area contributed by atoms with Gasteiger partial charge in [0.2, 0.25) is 5.91 Å². The monoisotopic (exact) mass is 423 g/mol. The molecular weight excluding hydrogens is 406 g/mol. The van der Waals surface area contributed by atoms with Crippen molar-refractivity contribution in [3.63, 3.8) is 0 Å². The first-order valence-corrected chi connectivity index (χ1v) is 8.77. The van der Waals surface area contributed by atoms with Crippen LogP contribution in [0.1, 0.15) is 30.7 Å². The van der Waals surface area contributed by atoms with E-state index in [2.05, 4.69) is 20.8 Å². The lowest BCUT2D eigenvalue weighted by Crippen LogP contribution is -2.33. The molecule has 3 heterocycles. The number of rotatable bonds is 3. The minimum atomic E-state index is -4.53. The van der Waals surface area contributed by atoms with Gasteiger partial charge in [0.05, 0.1) is 17.1 Å². The number of aromatic nitrogens is 3. The van der Waals surface area contributed by atoms with Crippen LogP contribution in [0, 0.1) is 11.3 Å². The standard InChI is InChI=1S/C16H17ClF3N5O.ClH/c17-11-5-9(16(18,19)20)8-25-12(23-24-13(11)25)7-22-14(26)10-6-15(10)1-3-21-4-2-15;/h5,8,10,21H,1-4,6-7H2,(H,22,26);1H. The highest BCUT2D eigenvalue weighted by molar-refractivity contribution is 6.33. The van der Waals surface area contributed by atoms with Crippen molar-refractivity contribution in [2.75, 3.05) is 13.1 Å². The summed E-state index contributed by atoms with van der Waals surface area (Å²) in [6, 6.07) is 0.818. The van der Waals surface area contributed by atoms with Crippen molar-refractivity contribution in [1.82, 2.24) is 25.2 Å². The molecule has 2 aromatic rings. The fourth-order valence-corrected chi connectivity index (χ4v) is 4.01. The third-order valence-corrected chi connectivity index (χ3v) is 5.66. The summed E-state index contributed by atoms with van der Waals surface area (Å²) in [7, 11) is 0. The number of carbonyl (C=O) groups excluding carboxylic acids is 1. The molecule has 148 valence electrons. The Morgan fingerprint density at radius 1 is 1.37 bits per heavy atom. The van der Waals surface area contributed by atoms with E-state index in [9.17, 15) is 18.0 Å². The van der Waals surface area contributed by atoms with Crippen LogP contribution in [0.3, 0.4) is 0 Å². The van der Waals surface area contributed by atoms with Gasteiger partial charge in [-0.05, 0) is 43.8 Å². The SMILES string of the molecule is Cl.O=C(NCc1nnc2c(Cl)cc(C(F)(F)F)cn12)C1CC12CCNCC2. The second-order valence-electron chi connectivity index (χ2n) is 6.97. The highest BCUT2D eigenvalue weighted by Crippen LogP contribution is 2.58. The summed E-state index contributed by atoms with van der Waals surface area (Å²) in [6.07, 6.45) is -0.815. The molecule has 1 atom stereocenters. The van der Waals surface area contributed by atoms with E-state index in [-0.39, 0.29) is 52.7 Å². The van der Waals surface area contributed by atoms with Gasteiger partial charge < -0.3 is 10.6 Å². The van der Waals surface area contributed by atoms with Gasteiger partial charge in [-0.3, -0.25) is 9.20 Å². The molecular formula is C16H18Cl2F3N5O. The van der Waals surface area contributed by atoms with Crippen molar-refractivity contribution < 1.29 is 18.0 Å². The molecule has 4 rings (SSSR count). The molecule has 1 aliphatic heterocycles. The Balaban J connectivity index is 0.00000210. The molecule has 6 nitrogen and oxygen atoms in total. The predicted molar refractivity (Wildman–Crippen MR) is 94.7 cm³/mol. The average molecular weight is 424 g/mol. The Bertz CT molecular complexity index is 864. The number of piperidine rings is 1. The van der Waals surface area contributed by atoms with Crippen molar-refractivity contribution in [1.29, 1.82) is 0 Å². The van der Waals surface area contributed by atoms with E-state index < -0.39 is 11.7 Å². The molecule has 0 radical (unpaired) electrons. The zero-order valence-corrected chi connectivity index (χ0v) is 15.7. The van der Waals surface area contributed by atoms with Crippen molar-refractivity contribution in [3.05, 3.63) is 28.7 Å². The Morgan fingerprint density at radius 3 is 2.74 bits per heavy atom. The Hall–Kier alpha value is -1.58. The van der Waals surface area contributed by atoms with E-state index in [0.29, 0.717) is 0 Å². The Morgan fingerprint density at radius 2 is 2.07 bits per heavy atom. The van der Waals surface area contributed by atoms with Gasteiger partial charge in [-0.2, -0.15) is 13.2 Å². The summed E-state index contributed by atoms with van der Waals surface area (Å²) in [5.74, 6) is 0.0983. The molecule has 0 bridgehead atoms. The minimum absolute atomic E-state index is 0. The van der Waals surface area contributed by atoms with Gasteiger partial charge in [0.25, 0.3) is 0 Å². The molecule has 1 spiro atoms. The first-order chi connectivity index (χ1) is 12.3. The highest BCUT2D eigenvalue weighted by Gasteiger charge is 2.57. The van der Waals surface area contributed by atoms with Crippen molar-refractivity contribution in [2.24, 2.45) is 11.3 Å². The van der Waals surface area contributed by atoms with Gasteiger partial charge >= 0.3 is 6.18 Å². The molecule has 2 aromatic heterocycles. The van der Waals surface area contributed by atoms with Crippen LogP contribution < -0.4 is 10.6 Å². The van der Waals surface area contributed by atoms with Crippen LogP contribution in [0.4, 0.5) is 13.2 Å². The molecule has 27 heavy (non-hydrogen) atoms. The number of pyridine rings is 1. The molecule has 2 fully saturated rings. The highest BCUT2D eigenvalue weighted by atomic mass is 35.5. The molecule has 1 saturated heterocycles. The summed E-state index contributed by atoms with van der Waals surface area (Å²) < 4.78 is 40.1. The summed E-state index contributed by atoms with van der Waals surface area (Å²) in [5, 5.41) is 13.6. The lowest BCUT2D eigenvalue weighted by Gasteiger charge is -2.23. The fraction of sp³-hybridized carbons (Fsp3) is 0.562. The van der Waals surface area contributed by atoms with Crippen molar-refractivity contribution >= 4 is 35.6 Å². The second-order valence-corrected chi connectivity index (χ2v) is 7.38. The zero-order valence-electron chi connectivity index (χ0n) is 14.1. The summed E-state index contributed by atoms with van der Waals surface area (Å²) in [5.41, 5.74) is -0.668. The van der Waals surface area contributed by atoms with Gasteiger partial charge in [-0.25, -0.2) is 0 Å². The van der Waals surface area contributed by atoms with Crippen LogP contribution in [0.5, 0.6) is 0 Å². The van der Waals surface area contributed by atoms with Gasteiger partial charge in [0, 0.05) is 12.1 Å². The predicted octanol–water partition coefficient (Wildman–Crippen LogP) is 2.83. The maximum atomic E-state index is 13.0. The molecule has 1 amide bonds. The maximum Gasteiger partial charge on any atom is 0.417 e. The zero-order chi connectivity index (χ0) is 18.5. The van der Waals surface area contributed by atoms with E-state index in [1.54, 1.807) is 0 Å². The number of hydrogen-bond donors (Lipinski definition) is 2. The van der Waals surface area contributed by atoms with Crippen LogP contribution in [-0.2, 0) is 17.5 Å². The molecule has 1 aliphatic carbocycles. The number of hydrogen-bond acceptors (Lipinski definition) is 4. The smallest absolute Gasteiger partial charge is 0.349 e. The normalized spacial score (nSPS) is 21.1. The second kappa shape index (κ2) is 7.10. The van der Waals surface area contributed by atoms with E-state index in [1.165, 1.54) is 4.40 Å². The van der Waals surface area contributed by atoms with E-state index in [0.717, 1.165) is 44.6 Å². The van der Waals surface area contributed by atoms with Crippen LogP contribution >= 0.6 is 24.0 Å². The van der Waals surface area contributed by atoms with Crippen LogP contribution in [0.15, 0.2) is 12.3 Å². The largest absolute Gasteiger partial charge is 0.417 e. The Labute approximate surface area is 164 Å². The lowest BCUT2D eigenvalue weighted by molar-refractivity contribution is -0.137. The topological polar surface area (TPSA) is 71.3 Å². The van der Waals surface area contributed by atoms with Gasteiger partial charge in [0.1, 0.15) is 0 Å². The molecule has 0 aromatic carbocycles. The van der Waals surface area contributed by atoms with Crippen LogP contribution in [0.2, 0.25) is 5.02 Å². The van der Waals surface area contributed by atoms with Crippen molar-refractivity contribution in [3.8, 4) is 0 Å². The first-order valence-electron chi connectivity index (χ1n) is 8.39. The summed E-state index contributed by atoms with van der Waals surface area (Å²) in [4.78, 5) is 12.4. The number of carbonyl (C=O) groups is 1. The van der Waals surface area contributed by atoms with E-state index >= 15 is 0 Å². The molecule has 1 saturated carbocycles. The lowest BCUT2D eigenvalue weighted by atomic mass is 9.92. The fourth-order valence-electron chi connectivity index (χ4n) is 3.76. The molecule has 1 unspecified atom stereocenters.